The molecule has 2 aromatic heterocycles. The lowest BCUT2D eigenvalue weighted by atomic mass is 10.3. The van der Waals surface area contributed by atoms with E-state index in [0.717, 1.165) is 9.75 Å². The molecule has 0 saturated carbocycles. The Hall–Kier alpha value is -1.13. The van der Waals surface area contributed by atoms with Crippen molar-refractivity contribution < 1.29 is 9.90 Å². The third-order valence-corrected chi connectivity index (χ3v) is 3.61. The molecule has 2 heterocycles. The molecule has 0 atom stereocenters. The standard InChI is InChI=1S/C9H6O2S2/c10-9(11)6-4-8(13-5-6)7-2-1-3-12-7/h1-5H,(H,10,11). The average Bonchev–Trinajstić information content (AvgIpc) is 2.75. The molecule has 0 unspecified atom stereocenters. The Balaban J connectivity index is 2.39. The summed E-state index contributed by atoms with van der Waals surface area (Å²) in [4.78, 5) is 12.7. The number of hydrogen-bond acceptors (Lipinski definition) is 3. The maximum atomic E-state index is 10.6. The fourth-order valence-corrected chi connectivity index (χ4v) is 2.72. The molecule has 0 spiro atoms. The summed E-state index contributed by atoms with van der Waals surface area (Å²) in [7, 11) is 0. The average molecular weight is 210 g/mol. The highest BCUT2D eigenvalue weighted by Crippen LogP contribution is 2.30. The van der Waals surface area contributed by atoms with Gasteiger partial charge in [-0.2, -0.15) is 0 Å². The minimum absolute atomic E-state index is 0.369. The second kappa shape index (κ2) is 3.32. The lowest BCUT2D eigenvalue weighted by molar-refractivity contribution is 0.0697. The van der Waals surface area contributed by atoms with E-state index < -0.39 is 5.97 Å². The lowest BCUT2D eigenvalue weighted by Gasteiger charge is -1.86. The summed E-state index contributed by atoms with van der Waals surface area (Å²) in [6, 6.07) is 5.65. The summed E-state index contributed by atoms with van der Waals surface area (Å²) < 4.78 is 0. The fraction of sp³-hybridized carbons (Fsp3) is 0. The Morgan fingerprint density at radius 1 is 1.31 bits per heavy atom. The van der Waals surface area contributed by atoms with Crippen molar-refractivity contribution in [3.63, 3.8) is 0 Å². The highest BCUT2D eigenvalue weighted by Gasteiger charge is 2.07. The number of aromatic carboxylic acids is 1. The van der Waals surface area contributed by atoms with Gasteiger partial charge < -0.3 is 5.11 Å². The zero-order valence-corrected chi connectivity index (χ0v) is 8.19. The molecule has 0 radical (unpaired) electrons. The smallest absolute Gasteiger partial charge is 0.336 e. The van der Waals surface area contributed by atoms with Crippen molar-refractivity contribution in [3.05, 3.63) is 34.5 Å². The summed E-state index contributed by atoms with van der Waals surface area (Å²) in [6.45, 7) is 0. The van der Waals surface area contributed by atoms with Gasteiger partial charge in [0.05, 0.1) is 5.56 Å². The SMILES string of the molecule is O=C(O)c1csc(-c2cccs2)c1. The van der Waals surface area contributed by atoms with Gasteiger partial charge in [0.15, 0.2) is 0 Å². The minimum Gasteiger partial charge on any atom is -0.478 e. The van der Waals surface area contributed by atoms with E-state index in [0.29, 0.717) is 5.56 Å². The first-order valence-corrected chi connectivity index (χ1v) is 5.39. The molecule has 0 aliphatic carbocycles. The van der Waals surface area contributed by atoms with Gasteiger partial charge >= 0.3 is 5.97 Å². The molecule has 2 aromatic rings. The molecular formula is C9H6O2S2. The van der Waals surface area contributed by atoms with E-state index in [1.54, 1.807) is 22.8 Å². The predicted molar refractivity (Wildman–Crippen MR) is 54.6 cm³/mol. The Morgan fingerprint density at radius 2 is 2.15 bits per heavy atom. The van der Waals surface area contributed by atoms with Crippen molar-refractivity contribution in [2.45, 2.75) is 0 Å². The molecule has 2 nitrogen and oxygen atoms in total. The van der Waals surface area contributed by atoms with Crippen LogP contribution >= 0.6 is 22.7 Å². The molecule has 0 aliphatic rings. The Kier molecular flexibility index (Phi) is 2.16. The molecule has 0 aliphatic heterocycles. The summed E-state index contributed by atoms with van der Waals surface area (Å²) in [5.74, 6) is -0.862. The first-order valence-electron chi connectivity index (χ1n) is 3.63. The van der Waals surface area contributed by atoms with E-state index in [4.69, 9.17) is 5.11 Å². The van der Waals surface area contributed by atoms with E-state index in [-0.39, 0.29) is 0 Å². The van der Waals surface area contributed by atoms with Gasteiger partial charge in [-0.1, -0.05) is 6.07 Å². The molecule has 66 valence electrons. The van der Waals surface area contributed by atoms with E-state index >= 15 is 0 Å². The molecule has 0 amide bonds. The number of carboxylic acids is 1. The van der Waals surface area contributed by atoms with Crippen molar-refractivity contribution in [1.82, 2.24) is 0 Å². The van der Waals surface area contributed by atoms with Gasteiger partial charge in [0.1, 0.15) is 0 Å². The monoisotopic (exact) mass is 210 g/mol. The molecule has 0 bridgehead atoms. The van der Waals surface area contributed by atoms with Gasteiger partial charge in [-0.25, -0.2) is 4.79 Å². The van der Waals surface area contributed by atoms with Crippen LogP contribution in [0.1, 0.15) is 10.4 Å². The summed E-state index contributed by atoms with van der Waals surface area (Å²) in [5.41, 5.74) is 0.369. The molecular weight excluding hydrogens is 204 g/mol. The second-order valence-corrected chi connectivity index (χ2v) is 4.34. The van der Waals surface area contributed by atoms with Crippen molar-refractivity contribution in [3.8, 4) is 9.75 Å². The van der Waals surface area contributed by atoms with Crippen LogP contribution in [-0.2, 0) is 0 Å². The Bertz CT molecular complexity index is 415. The van der Waals surface area contributed by atoms with Crippen molar-refractivity contribution in [2.75, 3.05) is 0 Å². The van der Waals surface area contributed by atoms with Gasteiger partial charge in [0.25, 0.3) is 0 Å². The van der Waals surface area contributed by atoms with Crippen LogP contribution in [0.15, 0.2) is 29.0 Å². The molecule has 13 heavy (non-hydrogen) atoms. The van der Waals surface area contributed by atoms with Crippen molar-refractivity contribution in [1.29, 1.82) is 0 Å². The summed E-state index contributed by atoms with van der Waals surface area (Å²) in [5, 5.41) is 12.4. The van der Waals surface area contributed by atoms with Crippen molar-refractivity contribution in [2.24, 2.45) is 0 Å². The van der Waals surface area contributed by atoms with Gasteiger partial charge in [0, 0.05) is 15.1 Å². The van der Waals surface area contributed by atoms with Crippen LogP contribution in [0.2, 0.25) is 0 Å². The third kappa shape index (κ3) is 1.64. The van der Waals surface area contributed by atoms with E-state index in [2.05, 4.69) is 0 Å². The lowest BCUT2D eigenvalue weighted by Crippen LogP contribution is -1.91. The Labute approximate surface area is 83.1 Å². The van der Waals surface area contributed by atoms with Gasteiger partial charge in [-0.05, 0) is 17.5 Å². The van der Waals surface area contributed by atoms with Crippen LogP contribution in [0.3, 0.4) is 0 Å². The zero-order valence-electron chi connectivity index (χ0n) is 6.56. The van der Waals surface area contributed by atoms with Gasteiger partial charge in [-0.3, -0.25) is 0 Å². The highest BCUT2D eigenvalue weighted by molar-refractivity contribution is 7.20. The predicted octanol–water partition coefficient (Wildman–Crippen LogP) is 3.17. The van der Waals surface area contributed by atoms with Crippen LogP contribution in [0, 0.1) is 0 Å². The molecule has 0 fully saturated rings. The number of carboxylic acid groups (broad SMARTS) is 1. The first kappa shape index (κ1) is 8.47. The normalized spacial score (nSPS) is 10.2. The van der Waals surface area contributed by atoms with Crippen LogP contribution < -0.4 is 0 Å². The van der Waals surface area contributed by atoms with Crippen LogP contribution in [0.25, 0.3) is 9.75 Å². The van der Waals surface area contributed by atoms with E-state index in [1.165, 1.54) is 11.3 Å². The topological polar surface area (TPSA) is 37.3 Å². The maximum absolute atomic E-state index is 10.6. The minimum atomic E-state index is -0.862. The van der Waals surface area contributed by atoms with Crippen LogP contribution in [-0.4, -0.2) is 11.1 Å². The first-order chi connectivity index (χ1) is 6.27. The largest absolute Gasteiger partial charge is 0.478 e. The fourth-order valence-electron chi connectivity index (χ4n) is 0.996. The van der Waals surface area contributed by atoms with Crippen LogP contribution in [0.4, 0.5) is 0 Å². The number of carbonyl (C=O) groups is 1. The molecule has 4 heteroatoms. The zero-order chi connectivity index (χ0) is 9.26. The quantitative estimate of drug-likeness (QED) is 0.826. The summed E-state index contributed by atoms with van der Waals surface area (Å²) in [6.07, 6.45) is 0. The molecule has 1 N–H and O–H groups in total. The van der Waals surface area contributed by atoms with E-state index in [9.17, 15) is 4.79 Å². The Morgan fingerprint density at radius 3 is 2.69 bits per heavy atom. The van der Waals surface area contributed by atoms with E-state index in [1.807, 2.05) is 17.5 Å². The summed E-state index contributed by atoms with van der Waals surface area (Å²) >= 11 is 3.08. The third-order valence-electron chi connectivity index (χ3n) is 1.61. The molecule has 2 rings (SSSR count). The highest BCUT2D eigenvalue weighted by atomic mass is 32.1. The number of hydrogen-bond donors (Lipinski definition) is 1. The number of thiophene rings is 2. The van der Waals surface area contributed by atoms with Crippen molar-refractivity contribution >= 4 is 28.6 Å². The van der Waals surface area contributed by atoms with Crippen LogP contribution in [0.5, 0.6) is 0 Å². The van der Waals surface area contributed by atoms with Gasteiger partial charge in [0.2, 0.25) is 0 Å². The molecule has 0 aromatic carbocycles. The molecule has 0 saturated heterocycles. The number of rotatable bonds is 2. The maximum Gasteiger partial charge on any atom is 0.336 e. The van der Waals surface area contributed by atoms with Gasteiger partial charge in [-0.15, -0.1) is 22.7 Å². The second-order valence-electron chi connectivity index (χ2n) is 2.48.